The lowest BCUT2D eigenvalue weighted by Crippen LogP contribution is -2.55. The lowest BCUT2D eigenvalue weighted by molar-refractivity contribution is -0.193. The van der Waals surface area contributed by atoms with Gasteiger partial charge in [-0.25, -0.2) is 9.59 Å². The highest BCUT2D eigenvalue weighted by Crippen LogP contribution is 2.14. The van der Waals surface area contributed by atoms with Crippen molar-refractivity contribution >= 4 is 23.8 Å². The average molecular weight is 485 g/mol. The molecular formula is C17H29F6N3O6. The van der Waals surface area contributed by atoms with E-state index in [1.807, 2.05) is 46.7 Å². The van der Waals surface area contributed by atoms with Crippen molar-refractivity contribution in [2.24, 2.45) is 11.8 Å². The molecule has 9 nitrogen and oxygen atoms in total. The van der Waals surface area contributed by atoms with Gasteiger partial charge in [-0.1, -0.05) is 27.7 Å². The minimum Gasteiger partial charge on any atom is -0.475 e. The minimum atomic E-state index is -5.08. The van der Waals surface area contributed by atoms with Gasteiger partial charge in [-0.05, 0) is 25.9 Å². The van der Waals surface area contributed by atoms with Crippen LogP contribution in [0.2, 0.25) is 0 Å². The average Bonchev–Trinajstić information content (AvgIpc) is 2.57. The fraction of sp³-hybridized carbons (Fsp3) is 0.765. The van der Waals surface area contributed by atoms with Gasteiger partial charge in [-0.2, -0.15) is 26.3 Å². The molecule has 0 radical (unpaired) electrons. The van der Waals surface area contributed by atoms with Gasteiger partial charge in [0.25, 0.3) is 0 Å². The van der Waals surface area contributed by atoms with Crippen LogP contribution in [0, 0.1) is 11.8 Å². The number of carboxylic acid groups (broad SMARTS) is 2. The smallest absolute Gasteiger partial charge is 0.475 e. The fourth-order valence-electron chi connectivity index (χ4n) is 2.06. The summed E-state index contributed by atoms with van der Waals surface area (Å²) in [7, 11) is 5.32. The standard InChI is InChI=1S/C13H27N3O2.2C2HF3O2/c1-8(2)10(12(17)14-5)15-13(18)11(9(3)4)16(6)7;2*3-2(4,5)1(6)7/h8-11H,1-7H3,(H,14,17)(H,15,18);2*(H,6,7)/t10?,11-;;/m0../s1. The Morgan fingerprint density at radius 2 is 1.06 bits per heavy atom. The Morgan fingerprint density at radius 1 is 0.750 bits per heavy atom. The first-order valence-electron chi connectivity index (χ1n) is 8.89. The van der Waals surface area contributed by atoms with Crippen molar-refractivity contribution in [3.8, 4) is 0 Å². The third-order valence-corrected chi connectivity index (χ3v) is 3.43. The Hall–Kier alpha value is -2.58. The Labute approximate surface area is 181 Å². The number of rotatable bonds is 6. The van der Waals surface area contributed by atoms with Crippen molar-refractivity contribution in [2.45, 2.75) is 52.1 Å². The summed E-state index contributed by atoms with van der Waals surface area (Å²) in [5, 5.41) is 19.7. The molecular weight excluding hydrogens is 456 g/mol. The van der Waals surface area contributed by atoms with Crippen LogP contribution in [0.3, 0.4) is 0 Å². The molecule has 4 N–H and O–H groups in total. The van der Waals surface area contributed by atoms with Crippen LogP contribution in [-0.4, -0.2) is 84.4 Å². The summed E-state index contributed by atoms with van der Waals surface area (Å²) < 4.78 is 63.5. The number of alkyl halides is 6. The number of carbonyl (C=O) groups excluding carboxylic acids is 2. The first-order valence-corrected chi connectivity index (χ1v) is 8.89. The largest absolute Gasteiger partial charge is 0.490 e. The molecule has 1 unspecified atom stereocenters. The Kier molecular flexibility index (Phi) is 15.4. The van der Waals surface area contributed by atoms with Crippen LogP contribution in [0.5, 0.6) is 0 Å². The molecule has 0 spiro atoms. The molecule has 2 amide bonds. The molecule has 0 fully saturated rings. The summed E-state index contributed by atoms with van der Waals surface area (Å²) in [4.78, 5) is 43.6. The van der Waals surface area contributed by atoms with E-state index in [1.54, 1.807) is 7.05 Å². The van der Waals surface area contributed by atoms with Crippen molar-refractivity contribution in [1.29, 1.82) is 0 Å². The first-order chi connectivity index (χ1) is 14.1. The zero-order valence-electron chi connectivity index (χ0n) is 18.6. The second-order valence-corrected chi connectivity index (χ2v) is 7.10. The minimum absolute atomic E-state index is 0.0591. The van der Waals surface area contributed by atoms with Crippen LogP contribution < -0.4 is 10.6 Å². The summed E-state index contributed by atoms with van der Waals surface area (Å²) in [5.74, 6) is -5.52. The van der Waals surface area contributed by atoms with Gasteiger partial charge >= 0.3 is 24.3 Å². The Morgan fingerprint density at radius 3 is 1.22 bits per heavy atom. The maximum absolute atomic E-state index is 12.2. The van der Waals surface area contributed by atoms with Crippen molar-refractivity contribution in [3.63, 3.8) is 0 Å². The van der Waals surface area contributed by atoms with Crippen molar-refractivity contribution in [2.75, 3.05) is 21.1 Å². The number of nitrogens with one attached hydrogen (secondary N) is 2. The van der Waals surface area contributed by atoms with E-state index in [-0.39, 0.29) is 29.7 Å². The Bertz CT molecular complexity index is 589. The van der Waals surface area contributed by atoms with Gasteiger partial charge in [0.1, 0.15) is 6.04 Å². The summed E-state index contributed by atoms with van der Waals surface area (Å²) in [5.41, 5.74) is 0. The zero-order valence-corrected chi connectivity index (χ0v) is 18.6. The molecule has 0 aromatic heterocycles. The molecule has 0 saturated carbocycles. The lowest BCUT2D eigenvalue weighted by atomic mass is 9.99. The summed E-state index contributed by atoms with van der Waals surface area (Å²) in [6.45, 7) is 7.82. The molecule has 0 aliphatic carbocycles. The number of hydrogen-bond acceptors (Lipinski definition) is 5. The number of amides is 2. The lowest BCUT2D eigenvalue weighted by Gasteiger charge is -2.29. The number of likely N-dealkylation sites (N-methyl/N-ethyl adjacent to an activating group) is 2. The fourth-order valence-corrected chi connectivity index (χ4v) is 2.06. The highest BCUT2D eigenvalue weighted by Gasteiger charge is 2.38. The van der Waals surface area contributed by atoms with Crippen molar-refractivity contribution in [1.82, 2.24) is 15.5 Å². The quantitative estimate of drug-likeness (QED) is 0.421. The third-order valence-electron chi connectivity index (χ3n) is 3.43. The van der Waals surface area contributed by atoms with Gasteiger partial charge in [0.2, 0.25) is 11.8 Å². The molecule has 0 aliphatic rings. The molecule has 190 valence electrons. The van der Waals surface area contributed by atoms with Crippen LogP contribution in [-0.2, 0) is 19.2 Å². The third kappa shape index (κ3) is 15.3. The summed E-state index contributed by atoms with van der Waals surface area (Å²) in [6.07, 6.45) is -10.2. The second kappa shape index (κ2) is 14.5. The second-order valence-electron chi connectivity index (χ2n) is 7.10. The van der Waals surface area contributed by atoms with E-state index >= 15 is 0 Å². The first kappa shape index (κ1) is 34.0. The zero-order chi connectivity index (χ0) is 26.6. The van der Waals surface area contributed by atoms with E-state index in [0.717, 1.165) is 0 Å². The molecule has 0 bridgehead atoms. The van der Waals surface area contributed by atoms with Crippen LogP contribution in [0.25, 0.3) is 0 Å². The number of halogens is 6. The number of carboxylic acids is 2. The normalized spacial score (nSPS) is 13.2. The van der Waals surface area contributed by atoms with Crippen molar-refractivity contribution < 1.29 is 55.7 Å². The van der Waals surface area contributed by atoms with Gasteiger partial charge in [0.15, 0.2) is 0 Å². The van der Waals surface area contributed by atoms with Gasteiger partial charge in [-0.15, -0.1) is 0 Å². The van der Waals surface area contributed by atoms with E-state index in [9.17, 15) is 35.9 Å². The van der Waals surface area contributed by atoms with Gasteiger partial charge in [-0.3, -0.25) is 14.5 Å². The molecule has 0 aliphatic heterocycles. The molecule has 32 heavy (non-hydrogen) atoms. The molecule has 2 atom stereocenters. The van der Waals surface area contributed by atoms with Gasteiger partial charge in [0.05, 0.1) is 6.04 Å². The number of carbonyl (C=O) groups is 4. The van der Waals surface area contributed by atoms with Crippen LogP contribution in [0.4, 0.5) is 26.3 Å². The molecule has 0 heterocycles. The van der Waals surface area contributed by atoms with Crippen LogP contribution >= 0.6 is 0 Å². The molecule has 0 aromatic rings. The van der Waals surface area contributed by atoms with E-state index < -0.39 is 30.3 Å². The van der Waals surface area contributed by atoms with E-state index in [0.29, 0.717) is 0 Å². The Balaban J connectivity index is -0.000000491. The number of nitrogens with zero attached hydrogens (tertiary/aromatic N) is 1. The number of hydrogen-bond donors (Lipinski definition) is 4. The predicted molar refractivity (Wildman–Crippen MR) is 101 cm³/mol. The highest BCUT2D eigenvalue weighted by molar-refractivity contribution is 5.89. The van der Waals surface area contributed by atoms with E-state index in [2.05, 4.69) is 10.6 Å². The molecule has 0 saturated heterocycles. The summed E-state index contributed by atoms with van der Waals surface area (Å²) >= 11 is 0. The SMILES string of the molecule is CNC(=O)C(NC(=O)[C@H](C(C)C)N(C)C)C(C)C.O=C(O)C(F)(F)F.O=C(O)C(F)(F)F. The van der Waals surface area contributed by atoms with Crippen molar-refractivity contribution in [3.05, 3.63) is 0 Å². The maximum atomic E-state index is 12.2. The summed E-state index contributed by atoms with van der Waals surface area (Å²) in [6, 6.07) is -0.709. The van der Waals surface area contributed by atoms with Gasteiger partial charge < -0.3 is 20.8 Å². The van der Waals surface area contributed by atoms with Crippen LogP contribution in [0.15, 0.2) is 0 Å². The monoisotopic (exact) mass is 485 g/mol. The van der Waals surface area contributed by atoms with E-state index in [4.69, 9.17) is 19.8 Å². The number of aliphatic carboxylic acids is 2. The van der Waals surface area contributed by atoms with Crippen LogP contribution in [0.1, 0.15) is 27.7 Å². The van der Waals surface area contributed by atoms with Gasteiger partial charge in [0, 0.05) is 7.05 Å². The van der Waals surface area contributed by atoms with E-state index in [1.165, 1.54) is 0 Å². The molecule has 0 aromatic carbocycles. The highest BCUT2D eigenvalue weighted by atomic mass is 19.4. The topological polar surface area (TPSA) is 136 Å². The molecule has 0 rings (SSSR count). The predicted octanol–water partition coefficient (Wildman–Crippen LogP) is 1.73. The molecule has 15 heteroatoms. The maximum Gasteiger partial charge on any atom is 0.490 e.